The molecule has 0 radical (unpaired) electrons. The molecule has 13 heteroatoms. The number of benzene rings is 2. The second-order valence-corrected chi connectivity index (χ2v) is 11.0. The Morgan fingerprint density at radius 2 is 1.71 bits per heavy atom. The number of nitrogens with one attached hydrogen (secondary N) is 1. The molecule has 4 atom stereocenters. The number of anilines is 2. The van der Waals surface area contributed by atoms with E-state index < -0.39 is 58.2 Å². The molecule has 2 aromatic carbocycles. The van der Waals surface area contributed by atoms with Gasteiger partial charge in [0.05, 0.1) is 52.5 Å². The summed E-state index contributed by atoms with van der Waals surface area (Å²) in [7, 11) is 0. The van der Waals surface area contributed by atoms with E-state index in [-0.39, 0.29) is 12.3 Å². The summed E-state index contributed by atoms with van der Waals surface area (Å²) in [5, 5.41) is 11.7. The van der Waals surface area contributed by atoms with Gasteiger partial charge in [-0.3, -0.25) is 19.8 Å². The van der Waals surface area contributed by atoms with Crippen molar-refractivity contribution in [2.75, 3.05) is 43.1 Å². The summed E-state index contributed by atoms with van der Waals surface area (Å²) in [5.74, 6) is -2.43. The number of morpholine rings is 1. The lowest BCUT2D eigenvalue weighted by atomic mass is 9.79. The Morgan fingerprint density at radius 1 is 1.10 bits per heavy atom. The van der Waals surface area contributed by atoms with Crippen molar-refractivity contribution in [2.24, 2.45) is 11.8 Å². The zero-order valence-corrected chi connectivity index (χ0v) is 23.2. The van der Waals surface area contributed by atoms with Gasteiger partial charge in [-0.25, -0.2) is 9.69 Å². The molecule has 3 aliphatic rings. The number of carbonyl (C=O) groups excluding carboxylic acids is 3. The molecule has 0 aliphatic carbocycles. The molecule has 1 N–H and O–H groups in total. The Balaban J connectivity index is 1.27. The minimum atomic E-state index is -4.83. The van der Waals surface area contributed by atoms with Crippen LogP contribution in [0.3, 0.4) is 0 Å². The number of imide groups is 1. The van der Waals surface area contributed by atoms with Crippen molar-refractivity contribution >= 4 is 29.3 Å². The topological polar surface area (TPSA) is 121 Å². The standard InChI is InChI=1S/C29H29F3N4O6/c1-4-40-26(39)34-18-6-9-20(10-7-18)41-12-11-35-15-27(2)22-23(28(3,16-35)42-27)25(38)36(24(22)37)19-8-5-17(14-33)21(13-19)29(30,31)32/h5-10,13,22-23H,4,11-12,15-16H2,1-3H3,(H,34,39)/t22-,23?,27+,28+/m0/s1. The molecular formula is C29H29F3N4O6. The highest BCUT2D eigenvalue weighted by Crippen LogP contribution is 2.55. The van der Waals surface area contributed by atoms with E-state index in [2.05, 4.69) is 5.32 Å². The number of hydrogen-bond acceptors (Lipinski definition) is 8. The third-order valence-corrected chi connectivity index (χ3v) is 7.90. The van der Waals surface area contributed by atoms with Crippen LogP contribution in [0, 0.1) is 23.2 Å². The molecule has 222 valence electrons. The number of nitriles is 1. The van der Waals surface area contributed by atoms with Crippen LogP contribution in [0.15, 0.2) is 42.5 Å². The first-order valence-corrected chi connectivity index (χ1v) is 13.4. The Hall–Kier alpha value is -4.15. The van der Waals surface area contributed by atoms with Crippen LogP contribution < -0.4 is 15.0 Å². The van der Waals surface area contributed by atoms with E-state index in [4.69, 9.17) is 19.5 Å². The van der Waals surface area contributed by atoms with Crippen LogP contribution in [0.1, 0.15) is 31.9 Å². The number of alkyl halides is 3. The number of amides is 3. The van der Waals surface area contributed by atoms with Crippen molar-refractivity contribution in [1.29, 1.82) is 5.26 Å². The van der Waals surface area contributed by atoms with E-state index in [1.54, 1.807) is 45.0 Å². The fourth-order valence-corrected chi connectivity index (χ4v) is 6.39. The van der Waals surface area contributed by atoms with E-state index in [0.29, 0.717) is 43.7 Å². The molecule has 42 heavy (non-hydrogen) atoms. The van der Waals surface area contributed by atoms with Gasteiger partial charge in [0, 0.05) is 25.3 Å². The summed E-state index contributed by atoms with van der Waals surface area (Å²) < 4.78 is 57.8. The van der Waals surface area contributed by atoms with Crippen molar-refractivity contribution in [1.82, 2.24) is 4.90 Å². The largest absolute Gasteiger partial charge is 0.492 e. The molecule has 2 bridgehead atoms. The van der Waals surface area contributed by atoms with Gasteiger partial charge in [0.25, 0.3) is 0 Å². The molecule has 1 unspecified atom stereocenters. The van der Waals surface area contributed by atoms with Gasteiger partial charge in [0.15, 0.2) is 0 Å². The Bertz CT molecular complexity index is 1420. The molecule has 2 aromatic rings. The lowest BCUT2D eigenvalue weighted by Gasteiger charge is -2.45. The van der Waals surface area contributed by atoms with Gasteiger partial charge in [-0.1, -0.05) is 0 Å². The maximum atomic E-state index is 13.6. The first-order chi connectivity index (χ1) is 19.8. The number of fused-ring (bicyclic) bond motifs is 5. The highest BCUT2D eigenvalue weighted by molar-refractivity contribution is 6.23. The maximum Gasteiger partial charge on any atom is 0.417 e. The van der Waals surface area contributed by atoms with Crippen molar-refractivity contribution in [3.8, 4) is 11.8 Å². The monoisotopic (exact) mass is 586 g/mol. The van der Waals surface area contributed by atoms with Crippen LogP contribution in [-0.4, -0.2) is 66.9 Å². The predicted molar refractivity (Wildman–Crippen MR) is 143 cm³/mol. The molecule has 5 rings (SSSR count). The average molecular weight is 587 g/mol. The summed E-state index contributed by atoms with van der Waals surface area (Å²) in [5.41, 5.74) is -3.57. The van der Waals surface area contributed by atoms with Crippen LogP contribution in [0.4, 0.5) is 29.3 Å². The zero-order valence-electron chi connectivity index (χ0n) is 23.2. The van der Waals surface area contributed by atoms with Crippen LogP contribution >= 0.6 is 0 Å². The zero-order chi connectivity index (χ0) is 30.4. The lowest BCUT2D eigenvalue weighted by molar-refractivity contribution is -0.169. The van der Waals surface area contributed by atoms with E-state index in [1.807, 2.05) is 4.90 Å². The Morgan fingerprint density at radius 3 is 2.26 bits per heavy atom. The molecule has 3 aliphatic heterocycles. The van der Waals surface area contributed by atoms with Crippen LogP contribution in [0.5, 0.6) is 5.75 Å². The number of hydrogen-bond donors (Lipinski definition) is 1. The SMILES string of the molecule is CCOC(=O)Nc1ccc(OCCN2C[C@@]3(C)O[C@](C)(C2)[C@@H]2C(=O)N(c4ccc(C#N)c(C(F)(F)F)c4)C(=O)C23)cc1. The predicted octanol–water partition coefficient (Wildman–Crippen LogP) is 4.19. The summed E-state index contributed by atoms with van der Waals surface area (Å²) in [4.78, 5) is 41.7. The molecule has 0 saturated carbocycles. The summed E-state index contributed by atoms with van der Waals surface area (Å²) in [6.45, 7) is 6.84. The third kappa shape index (κ3) is 5.16. The highest BCUT2D eigenvalue weighted by atomic mass is 19.4. The molecule has 10 nitrogen and oxygen atoms in total. The van der Waals surface area contributed by atoms with E-state index >= 15 is 0 Å². The lowest BCUT2D eigenvalue weighted by Crippen LogP contribution is -2.58. The quantitative estimate of drug-likeness (QED) is 0.480. The van der Waals surface area contributed by atoms with Gasteiger partial charge in [0.1, 0.15) is 12.4 Å². The first kappa shape index (κ1) is 29.3. The fraction of sp³-hybridized carbons (Fsp3) is 0.448. The minimum absolute atomic E-state index is 0.218. The van der Waals surface area contributed by atoms with Gasteiger partial charge in [-0.05, 0) is 63.2 Å². The average Bonchev–Trinajstić information content (AvgIpc) is 3.29. The Kier molecular flexibility index (Phi) is 7.40. The summed E-state index contributed by atoms with van der Waals surface area (Å²) >= 11 is 0. The van der Waals surface area contributed by atoms with Crippen molar-refractivity contribution in [2.45, 2.75) is 38.1 Å². The molecular weight excluding hydrogens is 557 g/mol. The third-order valence-electron chi connectivity index (χ3n) is 7.90. The second kappa shape index (κ2) is 10.6. The smallest absolute Gasteiger partial charge is 0.417 e. The number of rotatable bonds is 7. The number of carbonyl (C=O) groups is 3. The summed E-state index contributed by atoms with van der Waals surface area (Å²) in [6.07, 6.45) is -5.38. The minimum Gasteiger partial charge on any atom is -0.492 e. The first-order valence-electron chi connectivity index (χ1n) is 13.4. The van der Waals surface area contributed by atoms with Crippen LogP contribution in [-0.2, 0) is 25.2 Å². The van der Waals surface area contributed by atoms with E-state index in [9.17, 15) is 27.6 Å². The van der Waals surface area contributed by atoms with Crippen LogP contribution in [0.25, 0.3) is 0 Å². The Labute approximate surface area is 239 Å². The van der Waals surface area contributed by atoms with Gasteiger partial charge < -0.3 is 14.2 Å². The van der Waals surface area contributed by atoms with Gasteiger partial charge in [-0.15, -0.1) is 0 Å². The molecule has 3 fully saturated rings. The molecule has 3 amide bonds. The maximum absolute atomic E-state index is 13.6. The van der Waals surface area contributed by atoms with Crippen molar-refractivity contribution in [3.63, 3.8) is 0 Å². The van der Waals surface area contributed by atoms with Gasteiger partial charge in [-0.2, -0.15) is 18.4 Å². The van der Waals surface area contributed by atoms with E-state index in [1.165, 1.54) is 12.1 Å². The fourth-order valence-electron chi connectivity index (χ4n) is 6.39. The van der Waals surface area contributed by atoms with Gasteiger partial charge in [0.2, 0.25) is 11.8 Å². The second-order valence-electron chi connectivity index (χ2n) is 11.0. The summed E-state index contributed by atoms with van der Waals surface area (Å²) in [6, 6.07) is 11.1. The number of ether oxygens (including phenoxy) is 3. The number of nitrogens with zero attached hydrogens (tertiary/aromatic N) is 3. The molecule has 0 spiro atoms. The van der Waals surface area contributed by atoms with Crippen molar-refractivity contribution < 1.29 is 41.8 Å². The number of likely N-dealkylation sites (tertiary alicyclic amines) is 1. The normalized spacial score (nSPS) is 27.0. The molecule has 3 saturated heterocycles. The van der Waals surface area contributed by atoms with Crippen LogP contribution in [0.2, 0.25) is 0 Å². The number of halogens is 3. The molecule has 0 aromatic heterocycles. The molecule has 3 heterocycles. The van der Waals surface area contributed by atoms with E-state index in [0.717, 1.165) is 11.0 Å². The van der Waals surface area contributed by atoms with Crippen molar-refractivity contribution in [3.05, 3.63) is 53.6 Å². The van der Waals surface area contributed by atoms with Gasteiger partial charge >= 0.3 is 12.3 Å². The highest BCUT2D eigenvalue weighted by Gasteiger charge is 2.71.